The molecule has 0 aromatic heterocycles. The van der Waals surface area contributed by atoms with Crippen molar-refractivity contribution in [2.45, 2.75) is 24.8 Å². The monoisotopic (exact) mass is 398 g/mol. The zero-order valence-electron chi connectivity index (χ0n) is 14.4. The van der Waals surface area contributed by atoms with E-state index in [2.05, 4.69) is 10.9 Å². The van der Waals surface area contributed by atoms with Gasteiger partial charge in [-0.05, 0) is 42.2 Å². The lowest BCUT2D eigenvalue weighted by molar-refractivity contribution is -0.126. The van der Waals surface area contributed by atoms with Gasteiger partial charge in [0.05, 0.1) is 12.3 Å². The van der Waals surface area contributed by atoms with E-state index in [1.165, 1.54) is 12.1 Å². The Morgan fingerprint density at radius 1 is 1.46 bits per heavy atom. The Kier molecular flexibility index (Phi) is 5.76. The number of likely N-dealkylation sites (N-methyl/N-ethyl adjacent to an activating group) is 1. The molecule has 0 bridgehead atoms. The first-order chi connectivity index (χ1) is 12.4. The third kappa shape index (κ3) is 4.15. The smallest absolute Gasteiger partial charge is 0.261 e. The molecule has 0 fully saturated rings. The summed E-state index contributed by atoms with van der Waals surface area (Å²) in [5, 5.41) is 14.9. The highest BCUT2D eigenvalue weighted by atomic mass is 35.5. The van der Waals surface area contributed by atoms with Gasteiger partial charge < -0.3 is 10.1 Å². The average Bonchev–Trinajstić information content (AvgIpc) is 3.11. The van der Waals surface area contributed by atoms with Gasteiger partial charge in [0, 0.05) is 24.2 Å². The summed E-state index contributed by atoms with van der Waals surface area (Å²) in [6.07, 6.45) is 2.20. The Balaban J connectivity index is 1.68. The van der Waals surface area contributed by atoms with Crippen LogP contribution in [0.5, 0.6) is 0 Å². The standard InChI is InChI=1S/C17H20ClFN4O2S/c1-10-9-26-16(5-11-3-12(18)6-13(19)4-11)23(10)21-17(25)15-7-14(8-24)22(2)20-15/h3-4,6-7,9,15-16,20,24H,5,8H2,1-2H3,(H,21,25). The second-order valence-corrected chi connectivity index (χ2v) is 7.65. The zero-order chi connectivity index (χ0) is 18.8. The van der Waals surface area contributed by atoms with E-state index in [4.69, 9.17) is 11.6 Å². The van der Waals surface area contributed by atoms with Gasteiger partial charge in [0.2, 0.25) is 0 Å². The van der Waals surface area contributed by atoms with Crippen molar-refractivity contribution in [1.29, 1.82) is 0 Å². The quantitative estimate of drug-likeness (QED) is 0.704. The van der Waals surface area contributed by atoms with Gasteiger partial charge in [-0.1, -0.05) is 11.6 Å². The number of hydrogen-bond donors (Lipinski definition) is 3. The number of benzene rings is 1. The van der Waals surface area contributed by atoms with Gasteiger partial charge in [0.1, 0.15) is 17.2 Å². The molecule has 26 heavy (non-hydrogen) atoms. The number of hydrazine groups is 2. The first-order valence-electron chi connectivity index (χ1n) is 8.06. The predicted octanol–water partition coefficient (Wildman–Crippen LogP) is 1.98. The molecule has 1 amide bonds. The number of amides is 1. The van der Waals surface area contributed by atoms with Crippen molar-refractivity contribution in [3.63, 3.8) is 0 Å². The molecule has 0 spiro atoms. The molecule has 6 nitrogen and oxygen atoms in total. The Morgan fingerprint density at radius 2 is 2.23 bits per heavy atom. The molecule has 3 N–H and O–H groups in total. The summed E-state index contributed by atoms with van der Waals surface area (Å²) in [6, 6.07) is 3.88. The highest BCUT2D eigenvalue weighted by Gasteiger charge is 2.31. The van der Waals surface area contributed by atoms with E-state index in [1.54, 1.807) is 41.0 Å². The van der Waals surface area contributed by atoms with Gasteiger partial charge in [0.25, 0.3) is 5.91 Å². The number of hydrogen-bond acceptors (Lipinski definition) is 6. The molecule has 1 aromatic rings. The van der Waals surface area contributed by atoms with Gasteiger partial charge in [-0.15, -0.1) is 11.8 Å². The van der Waals surface area contributed by atoms with Crippen LogP contribution in [0.2, 0.25) is 5.02 Å². The van der Waals surface area contributed by atoms with Crippen molar-refractivity contribution in [3.05, 3.63) is 57.5 Å². The number of rotatable bonds is 5. The van der Waals surface area contributed by atoms with Gasteiger partial charge in [-0.25, -0.2) is 9.82 Å². The van der Waals surface area contributed by atoms with Crippen molar-refractivity contribution in [1.82, 2.24) is 20.9 Å². The van der Waals surface area contributed by atoms with Gasteiger partial charge in [-0.3, -0.25) is 15.2 Å². The number of halogens is 2. The minimum atomic E-state index is -0.565. The summed E-state index contributed by atoms with van der Waals surface area (Å²) in [6.45, 7) is 1.75. The van der Waals surface area contributed by atoms with Crippen LogP contribution in [0.15, 0.2) is 41.1 Å². The van der Waals surface area contributed by atoms with Crippen molar-refractivity contribution in [2.24, 2.45) is 0 Å². The van der Waals surface area contributed by atoms with Gasteiger partial charge >= 0.3 is 0 Å². The topological polar surface area (TPSA) is 67.8 Å². The molecular weight excluding hydrogens is 379 g/mol. The fraction of sp³-hybridized carbons (Fsp3) is 0.353. The lowest BCUT2D eigenvalue weighted by Crippen LogP contribution is -2.52. The normalized spacial score (nSPS) is 22.5. The summed E-state index contributed by atoms with van der Waals surface area (Å²) in [5.74, 6) is -0.617. The average molecular weight is 399 g/mol. The van der Waals surface area contributed by atoms with E-state index in [0.29, 0.717) is 17.1 Å². The maximum Gasteiger partial charge on any atom is 0.261 e. The molecule has 9 heteroatoms. The van der Waals surface area contributed by atoms with Crippen LogP contribution in [0.4, 0.5) is 4.39 Å². The maximum absolute atomic E-state index is 13.6. The lowest BCUT2D eigenvalue weighted by atomic mass is 10.1. The van der Waals surface area contributed by atoms with Crippen LogP contribution in [0, 0.1) is 5.82 Å². The van der Waals surface area contributed by atoms with Crippen molar-refractivity contribution in [2.75, 3.05) is 13.7 Å². The molecule has 2 heterocycles. The molecule has 0 radical (unpaired) electrons. The molecule has 2 unspecified atom stereocenters. The summed E-state index contributed by atoms with van der Waals surface area (Å²) in [7, 11) is 1.74. The second-order valence-electron chi connectivity index (χ2n) is 6.16. The van der Waals surface area contributed by atoms with Gasteiger partial charge in [-0.2, -0.15) is 0 Å². The van der Waals surface area contributed by atoms with E-state index >= 15 is 0 Å². The number of nitrogens with one attached hydrogen (secondary N) is 2. The Labute approximate surface area is 160 Å². The molecule has 2 aliphatic rings. The third-order valence-corrected chi connectivity index (χ3v) is 5.58. The molecule has 3 rings (SSSR count). The van der Waals surface area contributed by atoms with Crippen molar-refractivity contribution >= 4 is 29.3 Å². The minimum Gasteiger partial charge on any atom is -0.390 e. The van der Waals surface area contributed by atoms with Crippen LogP contribution in [0.25, 0.3) is 0 Å². The van der Waals surface area contributed by atoms with Crippen LogP contribution >= 0.6 is 23.4 Å². The number of aliphatic hydroxyl groups excluding tert-OH is 1. The number of thioether (sulfide) groups is 1. The molecule has 0 saturated carbocycles. The van der Waals surface area contributed by atoms with Crippen LogP contribution in [-0.2, 0) is 11.2 Å². The van der Waals surface area contributed by atoms with E-state index in [-0.39, 0.29) is 23.7 Å². The zero-order valence-corrected chi connectivity index (χ0v) is 15.9. The Bertz CT molecular complexity index is 753. The number of carbonyl (C=O) groups excluding carboxylic acids is 1. The van der Waals surface area contributed by atoms with Crippen molar-refractivity contribution < 1.29 is 14.3 Å². The molecule has 1 aromatic carbocycles. The first-order valence-corrected chi connectivity index (χ1v) is 9.38. The number of nitrogens with zero attached hydrogens (tertiary/aromatic N) is 2. The maximum atomic E-state index is 13.6. The fourth-order valence-electron chi connectivity index (χ4n) is 2.87. The Hall–Kier alpha value is -1.74. The molecule has 0 saturated heterocycles. The Morgan fingerprint density at radius 3 is 2.88 bits per heavy atom. The predicted molar refractivity (Wildman–Crippen MR) is 100 cm³/mol. The van der Waals surface area contributed by atoms with Gasteiger partial charge in [0.15, 0.2) is 0 Å². The summed E-state index contributed by atoms with van der Waals surface area (Å²) >= 11 is 7.48. The lowest BCUT2D eigenvalue weighted by Gasteiger charge is -2.29. The third-order valence-electron chi connectivity index (χ3n) is 4.19. The molecule has 2 aliphatic heterocycles. The highest BCUT2D eigenvalue weighted by Crippen LogP contribution is 2.32. The summed E-state index contributed by atoms with van der Waals surface area (Å²) in [4.78, 5) is 12.6. The second kappa shape index (κ2) is 7.87. The van der Waals surface area contributed by atoms with Crippen LogP contribution in [0.3, 0.4) is 0 Å². The number of aliphatic hydroxyl groups is 1. The van der Waals surface area contributed by atoms with E-state index in [1.807, 2.05) is 12.3 Å². The minimum absolute atomic E-state index is 0.0998. The van der Waals surface area contributed by atoms with E-state index in [0.717, 1.165) is 11.3 Å². The summed E-state index contributed by atoms with van der Waals surface area (Å²) < 4.78 is 13.6. The summed E-state index contributed by atoms with van der Waals surface area (Å²) in [5.41, 5.74) is 8.17. The highest BCUT2D eigenvalue weighted by molar-refractivity contribution is 8.02. The van der Waals surface area contributed by atoms with Crippen molar-refractivity contribution in [3.8, 4) is 0 Å². The van der Waals surface area contributed by atoms with E-state index < -0.39 is 6.04 Å². The number of carbonyl (C=O) groups is 1. The van der Waals surface area contributed by atoms with E-state index in [9.17, 15) is 14.3 Å². The molecule has 140 valence electrons. The first kappa shape index (κ1) is 19.0. The SMILES string of the molecule is CC1=CSC(Cc2cc(F)cc(Cl)c2)N1NC(=O)C1C=C(CO)N(C)N1. The fourth-order valence-corrected chi connectivity index (χ4v) is 4.21. The van der Waals surface area contributed by atoms with Crippen LogP contribution < -0.4 is 10.9 Å². The molecule has 0 aliphatic carbocycles. The van der Waals surface area contributed by atoms with Crippen LogP contribution in [0.1, 0.15) is 12.5 Å². The largest absolute Gasteiger partial charge is 0.390 e. The molecular formula is C17H20ClFN4O2S. The molecule has 2 atom stereocenters. The number of allylic oxidation sites excluding steroid dienone is 1. The van der Waals surface area contributed by atoms with Crippen LogP contribution in [-0.4, -0.2) is 46.1 Å².